The first kappa shape index (κ1) is 18.0. The molecule has 1 N–H and O–H groups in total. The monoisotopic (exact) mass is 352 g/mol. The highest BCUT2D eigenvalue weighted by Gasteiger charge is 2.31. The molecule has 1 aliphatic carbocycles. The molecule has 2 atom stereocenters. The van der Waals surface area contributed by atoms with Crippen LogP contribution in [0.4, 0.5) is 5.69 Å². The molecule has 2 aromatic carbocycles. The van der Waals surface area contributed by atoms with E-state index in [0.717, 1.165) is 24.2 Å². The average molecular weight is 352 g/mol. The van der Waals surface area contributed by atoms with Crippen molar-refractivity contribution in [1.82, 2.24) is 0 Å². The Labute approximate surface area is 153 Å². The molecule has 1 saturated carbocycles. The molecule has 0 aromatic heterocycles. The maximum absolute atomic E-state index is 12.5. The molecule has 26 heavy (non-hydrogen) atoms. The highest BCUT2D eigenvalue weighted by Crippen LogP contribution is 2.31. The standard InChI is InChI=1S/C21H23NO4/c1-14-6-10-16(11-7-14)26-17-12-8-15(9-13-17)22-20(23)18-4-2-3-5-19(18)21(24)25/h6-13,18-19H,2-5H2,1H3,(H,22,23)(H,24,25)/p-1/t18-,19-/m0/s1. The third kappa shape index (κ3) is 4.42. The maximum Gasteiger partial charge on any atom is 0.228 e. The molecule has 0 aliphatic heterocycles. The first-order chi connectivity index (χ1) is 12.5. The molecule has 3 rings (SSSR count). The van der Waals surface area contributed by atoms with Gasteiger partial charge in [-0.25, -0.2) is 0 Å². The minimum atomic E-state index is -1.13. The first-order valence-electron chi connectivity index (χ1n) is 8.89. The molecular weight excluding hydrogens is 330 g/mol. The molecule has 2 aromatic rings. The number of carboxylic acids is 1. The smallest absolute Gasteiger partial charge is 0.228 e. The Balaban J connectivity index is 1.62. The van der Waals surface area contributed by atoms with Crippen LogP contribution in [0.5, 0.6) is 11.5 Å². The Morgan fingerprint density at radius 3 is 2.04 bits per heavy atom. The van der Waals surface area contributed by atoms with Crippen LogP contribution in [0.25, 0.3) is 0 Å². The summed E-state index contributed by atoms with van der Waals surface area (Å²) in [7, 11) is 0. The summed E-state index contributed by atoms with van der Waals surface area (Å²) < 4.78 is 5.76. The molecule has 0 bridgehead atoms. The van der Waals surface area contributed by atoms with Gasteiger partial charge in [0.1, 0.15) is 11.5 Å². The fourth-order valence-corrected chi connectivity index (χ4v) is 3.31. The number of aliphatic carboxylic acids is 1. The van der Waals surface area contributed by atoms with Crippen molar-refractivity contribution in [3.05, 3.63) is 54.1 Å². The van der Waals surface area contributed by atoms with Gasteiger partial charge in [-0.05, 0) is 56.2 Å². The maximum atomic E-state index is 12.5. The van der Waals surface area contributed by atoms with E-state index in [0.29, 0.717) is 24.3 Å². The van der Waals surface area contributed by atoms with E-state index in [9.17, 15) is 14.7 Å². The van der Waals surface area contributed by atoms with Gasteiger partial charge in [0.25, 0.3) is 0 Å². The number of benzene rings is 2. The minimum absolute atomic E-state index is 0.258. The highest BCUT2D eigenvalue weighted by molar-refractivity contribution is 5.95. The topological polar surface area (TPSA) is 78.5 Å². The van der Waals surface area contributed by atoms with Crippen LogP contribution in [0.3, 0.4) is 0 Å². The molecular formula is C21H22NO4-. The molecule has 5 nitrogen and oxygen atoms in total. The summed E-state index contributed by atoms with van der Waals surface area (Å²) in [5.41, 5.74) is 1.78. The number of aryl methyl sites for hydroxylation is 1. The van der Waals surface area contributed by atoms with Gasteiger partial charge in [-0.2, -0.15) is 0 Å². The number of nitrogens with one attached hydrogen (secondary N) is 1. The summed E-state index contributed by atoms with van der Waals surface area (Å²) in [4.78, 5) is 23.7. The van der Waals surface area contributed by atoms with Gasteiger partial charge in [-0.3, -0.25) is 4.79 Å². The van der Waals surface area contributed by atoms with Crippen molar-refractivity contribution in [3.63, 3.8) is 0 Å². The van der Waals surface area contributed by atoms with Crippen LogP contribution in [-0.2, 0) is 9.59 Å². The molecule has 0 heterocycles. The molecule has 0 radical (unpaired) electrons. The summed E-state index contributed by atoms with van der Waals surface area (Å²) in [5.74, 6) is -1.22. The van der Waals surface area contributed by atoms with Gasteiger partial charge in [0.15, 0.2) is 0 Å². The number of amides is 1. The zero-order valence-electron chi connectivity index (χ0n) is 14.7. The molecule has 1 amide bonds. The molecule has 0 saturated heterocycles. The van der Waals surface area contributed by atoms with Crippen LogP contribution >= 0.6 is 0 Å². The Hall–Kier alpha value is -2.82. The number of ether oxygens (including phenoxy) is 1. The van der Waals surface area contributed by atoms with Gasteiger partial charge in [0.05, 0.1) is 0 Å². The summed E-state index contributed by atoms with van der Waals surface area (Å²) in [6.07, 6.45) is 2.78. The van der Waals surface area contributed by atoms with E-state index in [2.05, 4.69) is 5.32 Å². The predicted molar refractivity (Wildman–Crippen MR) is 96.8 cm³/mol. The number of rotatable bonds is 5. The van der Waals surface area contributed by atoms with Crippen molar-refractivity contribution in [2.45, 2.75) is 32.6 Å². The van der Waals surface area contributed by atoms with Crippen LogP contribution < -0.4 is 15.2 Å². The van der Waals surface area contributed by atoms with Gasteiger partial charge in [-0.15, -0.1) is 0 Å². The van der Waals surface area contributed by atoms with E-state index in [-0.39, 0.29) is 5.91 Å². The second kappa shape index (κ2) is 8.04. The van der Waals surface area contributed by atoms with Crippen molar-refractivity contribution in [2.75, 3.05) is 5.32 Å². The average Bonchev–Trinajstić information content (AvgIpc) is 2.65. The van der Waals surface area contributed by atoms with Crippen LogP contribution in [0, 0.1) is 18.8 Å². The lowest BCUT2D eigenvalue weighted by Gasteiger charge is -2.31. The van der Waals surface area contributed by atoms with E-state index in [1.807, 2.05) is 31.2 Å². The van der Waals surface area contributed by atoms with Crippen molar-refractivity contribution >= 4 is 17.6 Å². The summed E-state index contributed by atoms with van der Waals surface area (Å²) in [5, 5.41) is 14.1. The summed E-state index contributed by atoms with van der Waals surface area (Å²) >= 11 is 0. The number of anilines is 1. The molecule has 1 aliphatic rings. The van der Waals surface area contributed by atoms with E-state index in [1.165, 1.54) is 0 Å². The Morgan fingerprint density at radius 1 is 0.923 bits per heavy atom. The predicted octanol–water partition coefficient (Wildman–Crippen LogP) is 3.28. The Kier molecular flexibility index (Phi) is 5.56. The van der Waals surface area contributed by atoms with E-state index in [4.69, 9.17) is 4.74 Å². The normalized spacial score (nSPS) is 19.6. The Bertz CT molecular complexity index is 768. The fourth-order valence-electron chi connectivity index (χ4n) is 3.31. The van der Waals surface area contributed by atoms with Gasteiger partial charge in [-0.1, -0.05) is 30.5 Å². The molecule has 0 spiro atoms. The van der Waals surface area contributed by atoms with Crippen molar-refractivity contribution in [1.29, 1.82) is 0 Å². The number of hydrogen-bond acceptors (Lipinski definition) is 4. The van der Waals surface area contributed by atoms with E-state index in [1.54, 1.807) is 24.3 Å². The zero-order chi connectivity index (χ0) is 18.5. The number of hydrogen-bond donors (Lipinski definition) is 1. The number of carbonyl (C=O) groups excluding carboxylic acids is 2. The lowest BCUT2D eigenvalue weighted by atomic mass is 9.78. The first-order valence-corrected chi connectivity index (χ1v) is 8.89. The van der Waals surface area contributed by atoms with E-state index < -0.39 is 17.8 Å². The minimum Gasteiger partial charge on any atom is -0.550 e. The molecule has 5 heteroatoms. The third-order valence-corrected chi connectivity index (χ3v) is 4.78. The van der Waals surface area contributed by atoms with Crippen LogP contribution in [0.15, 0.2) is 48.5 Å². The van der Waals surface area contributed by atoms with Crippen molar-refractivity contribution in [3.8, 4) is 11.5 Å². The number of carboxylic acid groups (broad SMARTS) is 1. The van der Waals surface area contributed by atoms with Gasteiger partial charge in [0.2, 0.25) is 5.91 Å². The number of carbonyl (C=O) groups is 2. The molecule has 1 fully saturated rings. The highest BCUT2D eigenvalue weighted by atomic mass is 16.5. The Morgan fingerprint density at radius 2 is 1.46 bits per heavy atom. The fraction of sp³-hybridized carbons (Fsp3) is 0.333. The van der Waals surface area contributed by atoms with Crippen LogP contribution in [-0.4, -0.2) is 11.9 Å². The summed E-state index contributed by atoms with van der Waals surface area (Å²) in [6, 6.07) is 14.8. The van der Waals surface area contributed by atoms with Crippen molar-refractivity contribution in [2.24, 2.45) is 11.8 Å². The summed E-state index contributed by atoms with van der Waals surface area (Å²) in [6.45, 7) is 2.01. The second-order valence-electron chi connectivity index (χ2n) is 6.75. The van der Waals surface area contributed by atoms with Gasteiger partial charge in [0, 0.05) is 23.5 Å². The van der Waals surface area contributed by atoms with E-state index >= 15 is 0 Å². The lowest BCUT2D eigenvalue weighted by Crippen LogP contribution is -2.42. The quantitative estimate of drug-likeness (QED) is 0.896. The van der Waals surface area contributed by atoms with Gasteiger partial charge < -0.3 is 20.0 Å². The van der Waals surface area contributed by atoms with Crippen LogP contribution in [0.2, 0.25) is 0 Å². The zero-order valence-corrected chi connectivity index (χ0v) is 14.7. The lowest BCUT2D eigenvalue weighted by molar-refractivity contribution is -0.313. The molecule has 136 valence electrons. The van der Waals surface area contributed by atoms with Crippen LogP contribution in [0.1, 0.15) is 31.2 Å². The second-order valence-corrected chi connectivity index (χ2v) is 6.75. The SMILES string of the molecule is Cc1ccc(Oc2ccc(NC(=O)[C@H]3CCCC[C@@H]3C(=O)[O-])cc2)cc1. The van der Waals surface area contributed by atoms with Gasteiger partial charge >= 0.3 is 0 Å². The van der Waals surface area contributed by atoms with Crippen molar-refractivity contribution < 1.29 is 19.4 Å². The largest absolute Gasteiger partial charge is 0.550 e. The third-order valence-electron chi connectivity index (χ3n) is 4.78. The molecule has 0 unspecified atom stereocenters.